The van der Waals surface area contributed by atoms with E-state index in [1.54, 1.807) is 85.1 Å². The summed E-state index contributed by atoms with van der Waals surface area (Å²) >= 11 is 2.56. The summed E-state index contributed by atoms with van der Waals surface area (Å²) < 4.78 is 15.9. The van der Waals surface area contributed by atoms with E-state index >= 15 is 0 Å². The summed E-state index contributed by atoms with van der Waals surface area (Å²) in [6, 6.07) is 30.1. The molecule has 0 saturated carbocycles. The van der Waals surface area contributed by atoms with Gasteiger partial charge in [-0.3, -0.25) is 19.2 Å². The topological polar surface area (TPSA) is 145 Å². The first-order chi connectivity index (χ1) is 25.3. The zero-order valence-electron chi connectivity index (χ0n) is 28.6. The van der Waals surface area contributed by atoms with E-state index in [1.807, 2.05) is 30.3 Å². The van der Waals surface area contributed by atoms with Gasteiger partial charge in [0.25, 0.3) is 11.8 Å². The first-order valence-corrected chi connectivity index (χ1v) is 17.9. The predicted molar refractivity (Wildman–Crippen MR) is 203 cm³/mol. The fourth-order valence-corrected chi connectivity index (χ4v) is 6.69. The van der Waals surface area contributed by atoms with Crippen molar-refractivity contribution < 1.29 is 33.4 Å². The minimum absolute atomic E-state index is 0.0197. The Labute approximate surface area is 309 Å². The smallest absolute Gasteiger partial charge is 0.311 e. The van der Waals surface area contributed by atoms with Gasteiger partial charge in [-0.25, -0.2) is 4.98 Å². The monoisotopic (exact) mass is 736 g/mol. The molecule has 5 aromatic rings. The fraction of sp³-hybridized carbons (Fsp3) is 0.154. The average Bonchev–Trinajstić information content (AvgIpc) is 3.60. The van der Waals surface area contributed by atoms with Crippen LogP contribution in [-0.2, 0) is 25.5 Å². The number of para-hydroxylation sites is 1. The first kappa shape index (κ1) is 37.3. The number of methoxy groups -OCH3 is 2. The third kappa shape index (κ3) is 10.1. The van der Waals surface area contributed by atoms with Crippen LogP contribution in [-0.4, -0.2) is 49.5 Å². The molecule has 1 atom stereocenters. The van der Waals surface area contributed by atoms with Crippen LogP contribution in [0.1, 0.15) is 39.4 Å². The van der Waals surface area contributed by atoms with Gasteiger partial charge in [-0.15, -0.1) is 23.1 Å². The zero-order chi connectivity index (χ0) is 36.9. The van der Waals surface area contributed by atoms with Crippen LogP contribution in [0.2, 0.25) is 0 Å². The number of hydrogen-bond donors (Lipinski definition) is 3. The highest BCUT2D eigenvalue weighted by Gasteiger charge is 2.24. The summed E-state index contributed by atoms with van der Waals surface area (Å²) in [5, 5.41) is 9.91. The molecule has 4 aromatic carbocycles. The van der Waals surface area contributed by atoms with Crippen LogP contribution in [0.4, 0.5) is 10.8 Å². The van der Waals surface area contributed by atoms with Gasteiger partial charge in [-0.1, -0.05) is 60.7 Å². The molecule has 3 N–H and O–H groups in total. The Balaban J connectivity index is 1.33. The molecule has 1 heterocycles. The Bertz CT molecular complexity index is 2040. The molecule has 0 radical (unpaired) electrons. The maximum absolute atomic E-state index is 13.7. The third-order valence-electron chi connectivity index (χ3n) is 7.38. The van der Waals surface area contributed by atoms with Crippen LogP contribution in [0.15, 0.2) is 119 Å². The quantitative estimate of drug-likeness (QED) is 0.0580. The number of ether oxygens (including phenoxy) is 3. The van der Waals surface area contributed by atoms with Gasteiger partial charge in [-0.2, -0.15) is 0 Å². The highest BCUT2D eigenvalue weighted by atomic mass is 32.2. The molecule has 0 aliphatic rings. The van der Waals surface area contributed by atoms with Crippen LogP contribution in [0.3, 0.4) is 0 Å². The second kappa shape index (κ2) is 18.4. The minimum Gasteiger partial charge on any atom is -0.493 e. The molecule has 0 bridgehead atoms. The van der Waals surface area contributed by atoms with E-state index in [4.69, 9.17) is 14.2 Å². The maximum atomic E-state index is 13.7. The Morgan fingerprint density at radius 3 is 2.23 bits per heavy atom. The van der Waals surface area contributed by atoms with Crippen molar-refractivity contribution in [3.8, 4) is 11.5 Å². The predicted octanol–water partition coefficient (Wildman–Crippen LogP) is 7.15. The number of benzene rings is 4. The second-order valence-corrected chi connectivity index (χ2v) is 13.0. The molecule has 0 fully saturated rings. The number of rotatable bonds is 15. The van der Waals surface area contributed by atoms with Gasteiger partial charge in [0, 0.05) is 27.1 Å². The van der Waals surface area contributed by atoms with Gasteiger partial charge in [0.2, 0.25) is 5.91 Å². The Morgan fingerprint density at radius 1 is 0.846 bits per heavy atom. The van der Waals surface area contributed by atoms with Gasteiger partial charge in [0.05, 0.1) is 32.9 Å². The maximum Gasteiger partial charge on any atom is 0.311 e. The fourth-order valence-electron chi connectivity index (χ4n) is 4.95. The highest BCUT2D eigenvalue weighted by Crippen LogP contribution is 2.37. The number of esters is 1. The van der Waals surface area contributed by atoms with Crippen molar-refractivity contribution in [2.24, 2.45) is 0 Å². The molecule has 266 valence electrons. The van der Waals surface area contributed by atoms with Crippen LogP contribution in [0.25, 0.3) is 6.08 Å². The van der Waals surface area contributed by atoms with E-state index in [1.165, 1.54) is 43.4 Å². The first-order valence-electron chi connectivity index (χ1n) is 16.1. The molecular formula is C39H36N4O7S2. The van der Waals surface area contributed by atoms with E-state index in [0.29, 0.717) is 39.1 Å². The molecule has 1 unspecified atom stereocenters. The van der Waals surface area contributed by atoms with Crippen molar-refractivity contribution in [1.82, 2.24) is 10.3 Å². The van der Waals surface area contributed by atoms with Crippen LogP contribution in [0, 0.1) is 0 Å². The Hall–Kier alpha value is -5.92. The molecule has 13 heteroatoms. The lowest BCUT2D eigenvalue weighted by molar-refractivity contribution is -0.142. The molecule has 3 amide bonds. The number of nitrogens with one attached hydrogen (secondary N) is 3. The molecule has 0 aliphatic carbocycles. The summed E-state index contributed by atoms with van der Waals surface area (Å²) in [4.78, 5) is 57.4. The largest absolute Gasteiger partial charge is 0.493 e. The number of anilines is 2. The molecule has 0 aliphatic heterocycles. The lowest BCUT2D eigenvalue weighted by Gasteiger charge is -2.17. The summed E-state index contributed by atoms with van der Waals surface area (Å²) in [5.41, 5.74) is 2.63. The number of thioether (sulfide) groups is 1. The van der Waals surface area contributed by atoms with E-state index in [0.717, 1.165) is 10.5 Å². The molecule has 52 heavy (non-hydrogen) atoms. The summed E-state index contributed by atoms with van der Waals surface area (Å²) in [6.45, 7) is 2.02. The van der Waals surface area contributed by atoms with Crippen molar-refractivity contribution in [1.29, 1.82) is 0 Å². The number of thiazole rings is 1. The van der Waals surface area contributed by atoms with Gasteiger partial charge < -0.3 is 30.2 Å². The summed E-state index contributed by atoms with van der Waals surface area (Å²) in [5.74, 6) is -0.844. The molecule has 0 spiro atoms. The molecule has 11 nitrogen and oxygen atoms in total. The Morgan fingerprint density at radius 2 is 1.56 bits per heavy atom. The second-order valence-electron chi connectivity index (χ2n) is 11.0. The average molecular weight is 737 g/mol. The van der Waals surface area contributed by atoms with Gasteiger partial charge >= 0.3 is 5.97 Å². The number of amides is 3. The van der Waals surface area contributed by atoms with Crippen molar-refractivity contribution in [3.05, 3.63) is 137 Å². The van der Waals surface area contributed by atoms with E-state index in [-0.39, 0.29) is 30.6 Å². The molecule has 1 aromatic heterocycles. The summed E-state index contributed by atoms with van der Waals surface area (Å²) in [6.07, 6.45) is 1.54. The SMILES string of the molecule is CCOC(=O)Cc1csc(NC(=O)C(Sc2ccc(NC(=O)/C(=C/c3cccc(OC)c3OC)NC(=O)c3ccccc3)cc2)c2ccccc2)n1. The van der Waals surface area contributed by atoms with Crippen LogP contribution >= 0.6 is 23.1 Å². The number of nitrogens with zero attached hydrogens (tertiary/aromatic N) is 1. The molecule has 5 rings (SSSR count). The van der Waals surface area contributed by atoms with Gasteiger partial charge in [-0.05, 0) is 61.0 Å². The third-order valence-corrected chi connectivity index (χ3v) is 9.45. The van der Waals surface area contributed by atoms with Gasteiger partial charge in [0.1, 0.15) is 10.9 Å². The van der Waals surface area contributed by atoms with Crippen molar-refractivity contribution in [2.75, 3.05) is 31.5 Å². The number of carbonyl (C=O) groups is 4. The van der Waals surface area contributed by atoms with E-state index in [2.05, 4.69) is 20.9 Å². The normalized spacial score (nSPS) is 11.6. The van der Waals surface area contributed by atoms with Crippen molar-refractivity contribution in [2.45, 2.75) is 23.5 Å². The highest BCUT2D eigenvalue weighted by molar-refractivity contribution is 8.00. The zero-order valence-corrected chi connectivity index (χ0v) is 30.2. The Kier molecular flexibility index (Phi) is 13.2. The standard InChI is InChI=1S/C39H36N4O7S2/c1-4-50-33(44)23-29-24-51-39(41-29)43-38(47)35(25-12-7-5-8-13-25)52-30-20-18-28(19-21-30)40-37(46)31(42-36(45)26-14-9-6-10-15-26)22-27-16-11-17-32(48-2)34(27)49-3/h5-22,24,35H,4,23H2,1-3H3,(H,40,46)(H,42,45)(H,41,43,47)/b31-22-. The van der Waals surface area contributed by atoms with E-state index < -0.39 is 17.1 Å². The lowest BCUT2D eigenvalue weighted by atomic mass is 10.1. The van der Waals surface area contributed by atoms with Crippen molar-refractivity contribution >= 4 is 63.7 Å². The minimum atomic E-state index is -0.639. The lowest BCUT2D eigenvalue weighted by Crippen LogP contribution is -2.30. The van der Waals surface area contributed by atoms with Crippen LogP contribution in [0.5, 0.6) is 11.5 Å². The van der Waals surface area contributed by atoms with Gasteiger partial charge in [0.15, 0.2) is 16.6 Å². The van der Waals surface area contributed by atoms with Crippen molar-refractivity contribution in [3.63, 3.8) is 0 Å². The van der Waals surface area contributed by atoms with E-state index in [9.17, 15) is 19.2 Å². The number of aromatic nitrogens is 1. The number of hydrogen-bond acceptors (Lipinski definition) is 10. The number of carbonyl (C=O) groups excluding carboxylic acids is 4. The summed E-state index contributed by atoms with van der Waals surface area (Å²) in [7, 11) is 3.01. The molecular weight excluding hydrogens is 701 g/mol. The van der Waals surface area contributed by atoms with Crippen LogP contribution < -0.4 is 25.4 Å². The molecule has 0 saturated heterocycles.